The topological polar surface area (TPSA) is 69.7 Å². The van der Waals surface area contributed by atoms with Crippen molar-refractivity contribution < 1.29 is 14.4 Å². The van der Waals surface area contributed by atoms with Crippen LogP contribution in [0, 0.1) is 6.92 Å². The lowest BCUT2D eigenvalue weighted by Crippen LogP contribution is -2.43. The molecule has 118 valence electrons. The normalized spacial score (nSPS) is 18.3. The first kappa shape index (κ1) is 16.0. The predicted molar refractivity (Wildman–Crippen MR) is 83.5 cm³/mol. The zero-order valence-electron chi connectivity index (χ0n) is 13.3. The molecule has 1 fully saturated rings. The molecule has 22 heavy (non-hydrogen) atoms. The second-order valence-corrected chi connectivity index (χ2v) is 5.81. The van der Waals surface area contributed by atoms with Crippen LogP contribution in [-0.4, -0.2) is 41.4 Å². The highest BCUT2D eigenvalue weighted by atomic mass is 16.2. The molecule has 0 spiro atoms. The number of nitrogens with zero attached hydrogens (tertiary/aromatic N) is 2. The van der Waals surface area contributed by atoms with E-state index in [1.807, 2.05) is 32.9 Å². The molecule has 1 N–H and O–H groups in total. The number of carbonyl (C=O) groups is 3. The molecule has 0 aliphatic carbocycles. The van der Waals surface area contributed by atoms with Crippen molar-refractivity contribution in [1.29, 1.82) is 0 Å². The number of anilines is 1. The molecule has 0 radical (unpaired) electrons. The number of amides is 4. The highest BCUT2D eigenvalue weighted by molar-refractivity contribution is 6.15. The van der Waals surface area contributed by atoms with Crippen molar-refractivity contribution in [2.24, 2.45) is 0 Å². The van der Waals surface area contributed by atoms with Crippen LogP contribution in [0.3, 0.4) is 0 Å². The molecular weight excluding hydrogens is 282 g/mol. The Labute approximate surface area is 130 Å². The number of urea groups is 1. The Morgan fingerprint density at radius 1 is 1.23 bits per heavy atom. The van der Waals surface area contributed by atoms with Crippen molar-refractivity contribution in [3.05, 3.63) is 29.8 Å². The summed E-state index contributed by atoms with van der Waals surface area (Å²) in [4.78, 5) is 39.0. The zero-order valence-corrected chi connectivity index (χ0v) is 13.3. The number of aryl methyl sites for hydroxylation is 1. The lowest BCUT2D eigenvalue weighted by Gasteiger charge is -2.19. The van der Waals surface area contributed by atoms with Gasteiger partial charge in [0.2, 0.25) is 5.91 Å². The quantitative estimate of drug-likeness (QED) is 0.860. The standard InChI is InChI=1S/C16H21N3O3/c1-10(2)17-14(20)9-18-15(21)12(4)19(16(18)22)13-7-5-11(3)6-8-13/h5-8,10,12H,9H2,1-4H3,(H,17,20). The van der Waals surface area contributed by atoms with Gasteiger partial charge in [0.15, 0.2) is 0 Å². The molecule has 1 atom stereocenters. The van der Waals surface area contributed by atoms with E-state index in [-0.39, 0.29) is 24.4 Å². The Hall–Kier alpha value is -2.37. The summed E-state index contributed by atoms with van der Waals surface area (Å²) >= 11 is 0. The van der Waals surface area contributed by atoms with E-state index in [0.29, 0.717) is 5.69 Å². The highest BCUT2D eigenvalue weighted by Gasteiger charge is 2.43. The van der Waals surface area contributed by atoms with Crippen LogP contribution in [0.25, 0.3) is 0 Å². The van der Waals surface area contributed by atoms with Crippen molar-refractivity contribution in [2.45, 2.75) is 39.8 Å². The van der Waals surface area contributed by atoms with Gasteiger partial charge >= 0.3 is 6.03 Å². The Balaban J connectivity index is 2.18. The number of imide groups is 1. The van der Waals surface area contributed by atoms with Crippen molar-refractivity contribution in [1.82, 2.24) is 10.2 Å². The Morgan fingerprint density at radius 2 is 1.82 bits per heavy atom. The summed E-state index contributed by atoms with van der Waals surface area (Å²) in [5, 5.41) is 2.68. The van der Waals surface area contributed by atoms with E-state index >= 15 is 0 Å². The van der Waals surface area contributed by atoms with Gasteiger partial charge < -0.3 is 5.32 Å². The van der Waals surface area contributed by atoms with Crippen molar-refractivity contribution in [2.75, 3.05) is 11.4 Å². The van der Waals surface area contributed by atoms with Crippen molar-refractivity contribution >= 4 is 23.5 Å². The molecule has 0 bridgehead atoms. The SMILES string of the molecule is Cc1ccc(N2C(=O)N(CC(=O)NC(C)C)C(=O)C2C)cc1. The van der Waals surface area contributed by atoms with E-state index in [1.54, 1.807) is 19.1 Å². The summed E-state index contributed by atoms with van der Waals surface area (Å²) in [5.41, 5.74) is 1.73. The number of benzene rings is 1. The molecule has 1 saturated heterocycles. The first-order chi connectivity index (χ1) is 10.3. The molecule has 0 aromatic heterocycles. The number of hydrogen-bond donors (Lipinski definition) is 1. The summed E-state index contributed by atoms with van der Waals surface area (Å²) in [5.74, 6) is -0.695. The van der Waals surface area contributed by atoms with Crippen LogP contribution in [0.4, 0.5) is 10.5 Å². The van der Waals surface area contributed by atoms with Crippen LogP contribution in [-0.2, 0) is 9.59 Å². The highest BCUT2D eigenvalue weighted by Crippen LogP contribution is 2.25. The first-order valence-electron chi connectivity index (χ1n) is 7.32. The van der Waals surface area contributed by atoms with Crippen molar-refractivity contribution in [3.63, 3.8) is 0 Å². The minimum Gasteiger partial charge on any atom is -0.352 e. The Morgan fingerprint density at radius 3 is 2.36 bits per heavy atom. The van der Waals surface area contributed by atoms with Gasteiger partial charge in [-0.25, -0.2) is 4.79 Å². The summed E-state index contributed by atoms with van der Waals surface area (Å²) in [6, 6.07) is 6.26. The van der Waals surface area contributed by atoms with Crippen LogP contribution in [0.1, 0.15) is 26.3 Å². The van der Waals surface area contributed by atoms with Crippen LogP contribution < -0.4 is 10.2 Å². The first-order valence-corrected chi connectivity index (χ1v) is 7.32. The molecule has 1 heterocycles. The molecular formula is C16H21N3O3. The third-order valence-electron chi connectivity index (χ3n) is 3.51. The van der Waals surface area contributed by atoms with Crippen LogP contribution in [0.5, 0.6) is 0 Å². The fourth-order valence-corrected chi connectivity index (χ4v) is 2.42. The molecule has 2 rings (SSSR count). The number of rotatable bonds is 4. The maximum Gasteiger partial charge on any atom is 0.332 e. The predicted octanol–water partition coefficient (Wildman–Crippen LogP) is 1.68. The van der Waals surface area contributed by atoms with Gasteiger partial charge in [-0.1, -0.05) is 17.7 Å². The third kappa shape index (κ3) is 3.10. The number of nitrogens with one attached hydrogen (secondary N) is 1. The average Bonchev–Trinajstić information content (AvgIpc) is 2.63. The summed E-state index contributed by atoms with van der Waals surface area (Å²) < 4.78 is 0. The van der Waals surface area contributed by atoms with E-state index in [1.165, 1.54) is 4.90 Å². The van der Waals surface area contributed by atoms with Gasteiger partial charge in [0, 0.05) is 11.7 Å². The Kier molecular flexibility index (Phi) is 4.49. The van der Waals surface area contributed by atoms with E-state index in [2.05, 4.69) is 5.32 Å². The molecule has 6 heteroatoms. The fraction of sp³-hybridized carbons (Fsp3) is 0.438. The molecule has 6 nitrogen and oxygen atoms in total. The van der Waals surface area contributed by atoms with E-state index < -0.39 is 12.1 Å². The van der Waals surface area contributed by atoms with Crippen LogP contribution in [0.15, 0.2) is 24.3 Å². The molecule has 1 aliphatic heterocycles. The summed E-state index contributed by atoms with van der Waals surface area (Å²) in [7, 11) is 0. The number of carbonyl (C=O) groups excluding carboxylic acids is 3. The monoisotopic (exact) mass is 303 g/mol. The van der Waals surface area contributed by atoms with Gasteiger partial charge in [-0.2, -0.15) is 0 Å². The second kappa shape index (κ2) is 6.17. The second-order valence-electron chi connectivity index (χ2n) is 5.81. The van der Waals surface area contributed by atoms with Crippen LogP contribution >= 0.6 is 0 Å². The Bertz CT molecular complexity index is 595. The molecule has 1 aliphatic rings. The molecule has 4 amide bonds. The maximum atomic E-state index is 12.5. The van der Waals surface area contributed by atoms with E-state index in [9.17, 15) is 14.4 Å². The van der Waals surface area contributed by atoms with Gasteiger partial charge in [-0.3, -0.25) is 19.4 Å². The van der Waals surface area contributed by atoms with Gasteiger partial charge in [-0.05, 0) is 39.8 Å². The summed E-state index contributed by atoms with van der Waals surface area (Å²) in [6.07, 6.45) is 0. The van der Waals surface area contributed by atoms with Crippen LogP contribution in [0.2, 0.25) is 0 Å². The van der Waals surface area contributed by atoms with Gasteiger partial charge in [0.25, 0.3) is 5.91 Å². The molecule has 1 aromatic rings. The van der Waals surface area contributed by atoms with Gasteiger partial charge in [0.05, 0.1) is 0 Å². The summed E-state index contributed by atoms with van der Waals surface area (Å²) in [6.45, 7) is 7.02. The largest absolute Gasteiger partial charge is 0.352 e. The van der Waals surface area contributed by atoms with E-state index in [4.69, 9.17) is 0 Å². The maximum absolute atomic E-state index is 12.5. The zero-order chi connectivity index (χ0) is 16.4. The lowest BCUT2D eigenvalue weighted by atomic mass is 10.2. The van der Waals surface area contributed by atoms with Crippen molar-refractivity contribution in [3.8, 4) is 0 Å². The molecule has 1 unspecified atom stereocenters. The smallest absolute Gasteiger partial charge is 0.332 e. The van der Waals surface area contributed by atoms with Gasteiger partial charge in [0.1, 0.15) is 12.6 Å². The minimum absolute atomic E-state index is 0.0362. The molecule has 0 saturated carbocycles. The third-order valence-corrected chi connectivity index (χ3v) is 3.51. The molecule has 1 aromatic carbocycles. The average molecular weight is 303 g/mol. The lowest BCUT2D eigenvalue weighted by molar-refractivity contribution is -0.132. The van der Waals surface area contributed by atoms with E-state index in [0.717, 1.165) is 10.5 Å². The number of hydrogen-bond acceptors (Lipinski definition) is 3. The van der Waals surface area contributed by atoms with Gasteiger partial charge in [-0.15, -0.1) is 0 Å². The minimum atomic E-state index is -0.609. The fourth-order valence-electron chi connectivity index (χ4n) is 2.42.